The molecule has 0 aromatic heterocycles. The summed E-state index contributed by atoms with van der Waals surface area (Å²) < 4.78 is 0. The first-order valence-corrected chi connectivity index (χ1v) is 3.92. The lowest BCUT2D eigenvalue weighted by molar-refractivity contribution is -0.385. The van der Waals surface area contributed by atoms with Crippen LogP contribution in [-0.2, 0) is 0 Å². The fraction of sp³-hybridized carbons (Fsp3) is 0.333. The van der Waals surface area contributed by atoms with Crippen LogP contribution in [0.15, 0.2) is 24.3 Å². The summed E-state index contributed by atoms with van der Waals surface area (Å²) in [5.41, 5.74) is 0.884. The first kappa shape index (κ1) is 11.6. The molecule has 0 amide bonds. The van der Waals surface area contributed by atoms with E-state index in [1.165, 1.54) is 6.07 Å². The van der Waals surface area contributed by atoms with Gasteiger partial charge in [0.1, 0.15) is 0 Å². The zero-order valence-electron chi connectivity index (χ0n) is 8.07. The predicted molar refractivity (Wildman–Crippen MR) is 52.8 cm³/mol. The molecule has 4 nitrogen and oxygen atoms in total. The van der Waals surface area contributed by atoms with Gasteiger partial charge in [-0.05, 0) is 21.0 Å². The van der Waals surface area contributed by atoms with Crippen LogP contribution in [0.1, 0.15) is 5.56 Å². The van der Waals surface area contributed by atoms with E-state index in [1.807, 2.05) is 14.1 Å². The van der Waals surface area contributed by atoms with Gasteiger partial charge in [-0.15, -0.1) is 0 Å². The van der Waals surface area contributed by atoms with Gasteiger partial charge in [0.15, 0.2) is 0 Å². The molecule has 0 bridgehead atoms. The number of para-hydroxylation sites is 1. The number of hydrogen-bond donors (Lipinski definition) is 1. The maximum absolute atomic E-state index is 10.2. The van der Waals surface area contributed by atoms with Crippen molar-refractivity contribution >= 4 is 5.69 Å². The smallest absolute Gasteiger partial charge is 0.272 e. The zero-order valence-corrected chi connectivity index (χ0v) is 8.07. The predicted octanol–water partition coefficient (Wildman–Crippen LogP) is 1.74. The highest BCUT2D eigenvalue weighted by atomic mass is 16.6. The van der Waals surface area contributed by atoms with Gasteiger partial charge in [0.25, 0.3) is 5.69 Å². The highest BCUT2D eigenvalue weighted by molar-refractivity contribution is 5.38. The van der Waals surface area contributed by atoms with Crippen molar-refractivity contribution < 1.29 is 4.92 Å². The molecule has 0 heterocycles. The molecule has 0 saturated carbocycles. The third-order valence-corrected chi connectivity index (χ3v) is 1.31. The molecule has 0 aliphatic carbocycles. The average molecular weight is 182 g/mol. The quantitative estimate of drug-likeness (QED) is 0.531. The summed E-state index contributed by atoms with van der Waals surface area (Å²) >= 11 is 0. The van der Waals surface area contributed by atoms with Gasteiger partial charge >= 0.3 is 0 Å². The molecule has 0 atom stereocenters. The normalized spacial score (nSPS) is 8.54. The molecule has 1 N–H and O–H groups in total. The van der Waals surface area contributed by atoms with Crippen LogP contribution in [0.2, 0.25) is 0 Å². The number of aryl methyl sites for hydroxylation is 1. The van der Waals surface area contributed by atoms with Crippen molar-refractivity contribution in [1.82, 2.24) is 5.32 Å². The van der Waals surface area contributed by atoms with Crippen LogP contribution in [0.3, 0.4) is 0 Å². The Balaban J connectivity index is 0.000000424. The Morgan fingerprint density at radius 3 is 2.08 bits per heavy atom. The molecule has 1 aromatic carbocycles. The lowest BCUT2D eigenvalue weighted by Crippen LogP contribution is -1.89. The van der Waals surface area contributed by atoms with E-state index >= 15 is 0 Å². The Labute approximate surface area is 77.7 Å². The van der Waals surface area contributed by atoms with E-state index in [9.17, 15) is 10.1 Å². The number of hydrogen-bond acceptors (Lipinski definition) is 3. The maximum Gasteiger partial charge on any atom is 0.272 e. The molecule has 1 rings (SSSR count). The van der Waals surface area contributed by atoms with Gasteiger partial charge in [0.2, 0.25) is 0 Å². The minimum atomic E-state index is -0.380. The molecular formula is C9H14N2O2. The second-order valence-electron chi connectivity index (χ2n) is 2.54. The SMILES string of the molecule is CNC.Cc1ccccc1[N+](=O)[O-]. The van der Waals surface area contributed by atoms with Crippen LogP contribution in [0, 0.1) is 17.0 Å². The number of rotatable bonds is 1. The minimum absolute atomic E-state index is 0.183. The van der Waals surface area contributed by atoms with Crippen molar-refractivity contribution in [2.24, 2.45) is 0 Å². The second kappa shape index (κ2) is 6.14. The van der Waals surface area contributed by atoms with Gasteiger partial charge < -0.3 is 5.32 Å². The molecule has 0 radical (unpaired) electrons. The van der Waals surface area contributed by atoms with Crippen molar-refractivity contribution in [2.75, 3.05) is 14.1 Å². The number of nitrogens with one attached hydrogen (secondary N) is 1. The van der Waals surface area contributed by atoms with Gasteiger partial charge in [-0.1, -0.05) is 18.2 Å². The Hall–Kier alpha value is -1.42. The summed E-state index contributed by atoms with van der Waals surface area (Å²) in [6.45, 7) is 1.72. The third-order valence-electron chi connectivity index (χ3n) is 1.31. The van der Waals surface area contributed by atoms with Crippen molar-refractivity contribution in [3.05, 3.63) is 39.9 Å². The van der Waals surface area contributed by atoms with Gasteiger partial charge in [-0.3, -0.25) is 10.1 Å². The fourth-order valence-electron chi connectivity index (χ4n) is 0.768. The standard InChI is InChI=1S/C7H7NO2.C2H7N/c1-6-4-2-3-5-7(6)8(9)10;1-3-2/h2-5H,1H3;3H,1-2H3. The van der Waals surface area contributed by atoms with Crippen LogP contribution in [-0.4, -0.2) is 19.0 Å². The third kappa shape index (κ3) is 4.22. The molecule has 0 saturated heterocycles. The van der Waals surface area contributed by atoms with Crippen LogP contribution >= 0.6 is 0 Å². The van der Waals surface area contributed by atoms with Crippen LogP contribution < -0.4 is 5.32 Å². The van der Waals surface area contributed by atoms with Crippen molar-refractivity contribution in [3.63, 3.8) is 0 Å². The number of nitro benzene ring substituents is 1. The lowest BCUT2D eigenvalue weighted by Gasteiger charge is -1.92. The van der Waals surface area contributed by atoms with Gasteiger partial charge in [-0.25, -0.2) is 0 Å². The Morgan fingerprint density at radius 1 is 1.31 bits per heavy atom. The molecule has 0 aliphatic rings. The average Bonchev–Trinajstić information content (AvgIpc) is 2.06. The molecule has 4 heteroatoms. The van der Waals surface area contributed by atoms with E-state index in [2.05, 4.69) is 5.32 Å². The van der Waals surface area contributed by atoms with Crippen LogP contribution in [0.25, 0.3) is 0 Å². The Kier molecular flexibility index (Phi) is 5.47. The minimum Gasteiger partial charge on any atom is -0.323 e. The van der Waals surface area contributed by atoms with Gasteiger partial charge in [0, 0.05) is 11.6 Å². The lowest BCUT2D eigenvalue weighted by atomic mass is 10.2. The van der Waals surface area contributed by atoms with Gasteiger partial charge in [-0.2, -0.15) is 0 Å². The van der Waals surface area contributed by atoms with E-state index in [0.29, 0.717) is 5.56 Å². The molecule has 0 fully saturated rings. The summed E-state index contributed by atoms with van der Waals surface area (Å²) in [4.78, 5) is 9.85. The molecule has 0 unspecified atom stereocenters. The Bertz CT molecular complexity index is 274. The number of nitro groups is 1. The Morgan fingerprint density at radius 2 is 1.77 bits per heavy atom. The molecular weight excluding hydrogens is 168 g/mol. The number of benzene rings is 1. The zero-order chi connectivity index (χ0) is 10.3. The maximum atomic E-state index is 10.2. The molecule has 1 aromatic rings. The van der Waals surface area contributed by atoms with E-state index in [-0.39, 0.29) is 10.6 Å². The summed E-state index contributed by atoms with van der Waals surface area (Å²) in [5, 5.41) is 13.0. The second-order valence-corrected chi connectivity index (χ2v) is 2.54. The van der Waals surface area contributed by atoms with Crippen molar-refractivity contribution in [2.45, 2.75) is 6.92 Å². The summed E-state index contributed by atoms with van der Waals surface area (Å²) in [6, 6.07) is 6.65. The van der Waals surface area contributed by atoms with E-state index in [0.717, 1.165) is 0 Å². The van der Waals surface area contributed by atoms with E-state index < -0.39 is 0 Å². The molecule has 72 valence electrons. The summed E-state index contributed by atoms with van der Waals surface area (Å²) in [6.07, 6.45) is 0. The van der Waals surface area contributed by atoms with E-state index in [1.54, 1.807) is 25.1 Å². The largest absolute Gasteiger partial charge is 0.323 e. The highest BCUT2D eigenvalue weighted by Crippen LogP contribution is 2.14. The highest BCUT2D eigenvalue weighted by Gasteiger charge is 2.05. The van der Waals surface area contributed by atoms with Gasteiger partial charge in [0.05, 0.1) is 4.92 Å². The fourth-order valence-corrected chi connectivity index (χ4v) is 0.768. The van der Waals surface area contributed by atoms with Crippen molar-refractivity contribution in [1.29, 1.82) is 0 Å². The molecule has 0 spiro atoms. The molecule has 0 aliphatic heterocycles. The first-order valence-electron chi connectivity index (χ1n) is 3.92. The van der Waals surface area contributed by atoms with Crippen LogP contribution in [0.4, 0.5) is 5.69 Å². The molecule has 13 heavy (non-hydrogen) atoms. The monoisotopic (exact) mass is 182 g/mol. The van der Waals surface area contributed by atoms with E-state index in [4.69, 9.17) is 0 Å². The first-order chi connectivity index (χ1) is 6.13. The summed E-state index contributed by atoms with van der Waals surface area (Å²) in [7, 11) is 3.75. The van der Waals surface area contributed by atoms with Crippen molar-refractivity contribution in [3.8, 4) is 0 Å². The van der Waals surface area contributed by atoms with Crippen LogP contribution in [0.5, 0.6) is 0 Å². The summed E-state index contributed by atoms with van der Waals surface area (Å²) in [5.74, 6) is 0. The topological polar surface area (TPSA) is 55.2 Å². The number of nitrogens with zero attached hydrogens (tertiary/aromatic N) is 1.